The number of benzene rings is 1. The fourth-order valence-electron chi connectivity index (χ4n) is 3.68. The molecule has 0 bridgehead atoms. The van der Waals surface area contributed by atoms with Crippen LogP contribution in [0.3, 0.4) is 0 Å². The van der Waals surface area contributed by atoms with Crippen LogP contribution in [0.1, 0.15) is 38.7 Å². The standard InChI is InChI=1S/C19H29N3O2/c1-14-18(15(2)21-20-14)11-19(23)22-10-6-9-17(12-22)24-13-16-7-4-3-5-8-16/h3-5,7-8,14-15,17-18,20-21H,6,9-13H2,1-2H3. The van der Waals surface area contributed by atoms with Crippen LogP contribution >= 0.6 is 0 Å². The van der Waals surface area contributed by atoms with Crippen molar-refractivity contribution in [3.8, 4) is 0 Å². The number of amides is 1. The molecular weight excluding hydrogens is 302 g/mol. The number of nitrogens with one attached hydrogen (secondary N) is 2. The Hall–Kier alpha value is -1.43. The van der Waals surface area contributed by atoms with E-state index in [1.807, 2.05) is 23.1 Å². The van der Waals surface area contributed by atoms with Crippen molar-refractivity contribution in [3.63, 3.8) is 0 Å². The Bertz CT molecular complexity index is 527. The molecule has 5 nitrogen and oxygen atoms in total. The second-order valence-electron chi connectivity index (χ2n) is 7.13. The third-order valence-electron chi connectivity index (χ3n) is 5.29. The average molecular weight is 331 g/mol. The van der Waals surface area contributed by atoms with Crippen LogP contribution in [0.25, 0.3) is 0 Å². The predicted molar refractivity (Wildman–Crippen MR) is 94.1 cm³/mol. The first kappa shape index (κ1) is 17.4. The molecule has 1 amide bonds. The minimum Gasteiger partial charge on any atom is -0.372 e. The number of carbonyl (C=O) groups is 1. The zero-order valence-electron chi connectivity index (χ0n) is 14.7. The van der Waals surface area contributed by atoms with Crippen molar-refractivity contribution < 1.29 is 9.53 Å². The molecule has 2 saturated heterocycles. The molecule has 2 heterocycles. The minimum absolute atomic E-state index is 0.151. The highest BCUT2D eigenvalue weighted by atomic mass is 16.5. The molecule has 132 valence electrons. The molecule has 0 aliphatic carbocycles. The summed E-state index contributed by atoms with van der Waals surface area (Å²) in [5.74, 6) is 0.611. The van der Waals surface area contributed by atoms with Gasteiger partial charge in [-0.25, -0.2) is 0 Å². The van der Waals surface area contributed by atoms with E-state index in [4.69, 9.17) is 4.74 Å². The van der Waals surface area contributed by atoms with Gasteiger partial charge in [-0.1, -0.05) is 30.3 Å². The molecule has 0 radical (unpaired) electrons. The summed E-state index contributed by atoms with van der Waals surface area (Å²) in [7, 11) is 0. The maximum Gasteiger partial charge on any atom is 0.223 e. The van der Waals surface area contributed by atoms with Crippen molar-refractivity contribution in [3.05, 3.63) is 35.9 Å². The number of hydrazine groups is 1. The van der Waals surface area contributed by atoms with E-state index < -0.39 is 0 Å². The molecule has 3 rings (SSSR count). The molecule has 3 atom stereocenters. The van der Waals surface area contributed by atoms with E-state index in [9.17, 15) is 4.79 Å². The largest absolute Gasteiger partial charge is 0.372 e. The summed E-state index contributed by atoms with van der Waals surface area (Å²) in [6, 6.07) is 10.9. The van der Waals surface area contributed by atoms with Gasteiger partial charge in [0.05, 0.1) is 12.7 Å². The maximum atomic E-state index is 12.7. The number of rotatable bonds is 5. The molecule has 0 saturated carbocycles. The van der Waals surface area contributed by atoms with Gasteiger partial charge in [0.15, 0.2) is 0 Å². The molecular formula is C19H29N3O2. The Labute approximate surface area is 144 Å². The van der Waals surface area contributed by atoms with Crippen LogP contribution in [0, 0.1) is 5.92 Å². The molecule has 1 aromatic carbocycles. The number of carbonyl (C=O) groups excluding carboxylic acids is 1. The molecule has 2 N–H and O–H groups in total. The molecule has 0 aromatic heterocycles. The number of hydrogen-bond acceptors (Lipinski definition) is 4. The van der Waals surface area contributed by atoms with Crippen LogP contribution in [-0.4, -0.2) is 42.1 Å². The third-order valence-corrected chi connectivity index (χ3v) is 5.29. The molecule has 5 heteroatoms. The molecule has 2 aliphatic heterocycles. The fraction of sp³-hybridized carbons (Fsp3) is 0.632. The van der Waals surface area contributed by atoms with Gasteiger partial charge >= 0.3 is 0 Å². The zero-order chi connectivity index (χ0) is 16.9. The van der Waals surface area contributed by atoms with Crippen LogP contribution in [0.15, 0.2) is 30.3 Å². The molecule has 3 unspecified atom stereocenters. The average Bonchev–Trinajstić information content (AvgIpc) is 2.93. The summed E-state index contributed by atoms with van der Waals surface area (Å²) in [6.45, 7) is 6.48. The summed E-state index contributed by atoms with van der Waals surface area (Å²) in [4.78, 5) is 14.7. The topological polar surface area (TPSA) is 53.6 Å². The van der Waals surface area contributed by atoms with E-state index in [-0.39, 0.29) is 12.0 Å². The second-order valence-corrected chi connectivity index (χ2v) is 7.13. The van der Waals surface area contributed by atoms with E-state index in [2.05, 4.69) is 36.8 Å². The van der Waals surface area contributed by atoms with E-state index >= 15 is 0 Å². The third kappa shape index (κ3) is 4.35. The van der Waals surface area contributed by atoms with Crippen molar-refractivity contribution in [2.45, 2.75) is 57.9 Å². The van der Waals surface area contributed by atoms with E-state index in [0.717, 1.165) is 25.9 Å². The summed E-state index contributed by atoms with van der Waals surface area (Å²) in [6.07, 6.45) is 2.82. The van der Waals surface area contributed by atoms with Crippen LogP contribution in [-0.2, 0) is 16.1 Å². The summed E-state index contributed by atoms with van der Waals surface area (Å²) in [5, 5.41) is 0. The minimum atomic E-state index is 0.151. The van der Waals surface area contributed by atoms with Crippen molar-refractivity contribution in [1.29, 1.82) is 0 Å². The van der Waals surface area contributed by atoms with Gasteiger partial charge < -0.3 is 9.64 Å². The summed E-state index contributed by atoms with van der Waals surface area (Å²) >= 11 is 0. The van der Waals surface area contributed by atoms with Crippen molar-refractivity contribution in [2.24, 2.45) is 5.92 Å². The lowest BCUT2D eigenvalue weighted by atomic mass is 9.92. The van der Waals surface area contributed by atoms with Crippen molar-refractivity contribution >= 4 is 5.91 Å². The lowest BCUT2D eigenvalue weighted by molar-refractivity contribution is -0.136. The van der Waals surface area contributed by atoms with E-state index in [1.54, 1.807) is 0 Å². The molecule has 0 spiro atoms. The Morgan fingerprint density at radius 1 is 1.21 bits per heavy atom. The van der Waals surface area contributed by atoms with Crippen molar-refractivity contribution in [2.75, 3.05) is 13.1 Å². The van der Waals surface area contributed by atoms with E-state index in [0.29, 0.717) is 31.0 Å². The normalized spacial score (nSPS) is 30.5. The van der Waals surface area contributed by atoms with Gasteiger partial charge in [-0.3, -0.25) is 15.6 Å². The summed E-state index contributed by atoms with van der Waals surface area (Å²) < 4.78 is 6.04. The number of hydrogen-bond donors (Lipinski definition) is 2. The second kappa shape index (κ2) is 8.10. The van der Waals surface area contributed by atoms with Crippen molar-refractivity contribution in [1.82, 2.24) is 15.8 Å². The van der Waals surface area contributed by atoms with Gasteiger partial charge in [0.1, 0.15) is 0 Å². The van der Waals surface area contributed by atoms with Crippen LogP contribution in [0.2, 0.25) is 0 Å². The first-order valence-electron chi connectivity index (χ1n) is 9.08. The lowest BCUT2D eigenvalue weighted by Crippen LogP contribution is -2.44. The predicted octanol–water partition coefficient (Wildman–Crippen LogP) is 2.09. The van der Waals surface area contributed by atoms with Crippen LogP contribution in [0.5, 0.6) is 0 Å². The number of piperidine rings is 1. The molecule has 1 aromatic rings. The first-order valence-corrected chi connectivity index (χ1v) is 9.08. The van der Waals surface area contributed by atoms with E-state index in [1.165, 1.54) is 5.56 Å². The van der Waals surface area contributed by atoms with Gasteiger partial charge in [0.25, 0.3) is 0 Å². The fourth-order valence-corrected chi connectivity index (χ4v) is 3.68. The van der Waals surface area contributed by atoms with Gasteiger partial charge in [0, 0.05) is 37.5 Å². The maximum absolute atomic E-state index is 12.7. The SMILES string of the molecule is CC1NNC(C)C1CC(=O)N1CCCC(OCc2ccccc2)C1. The Morgan fingerprint density at radius 3 is 2.62 bits per heavy atom. The lowest BCUT2D eigenvalue weighted by Gasteiger charge is -2.34. The molecule has 2 fully saturated rings. The number of likely N-dealkylation sites (tertiary alicyclic amines) is 1. The monoisotopic (exact) mass is 331 g/mol. The summed E-state index contributed by atoms with van der Waals surface area (Å²) in [5.41, 5.74) is 7.65. The highest BCUT2D eigenvalue weighted by molar-refractivity contribution is 5.76. The van der Waals surface area contributed by atoms with Gasteiger partial charge in [-0.05, 0) is 32.3 Å². The Kier molecular flexibility index (Phi) is 5.87. The van der Waals surface area contributed by atoms with Gasteiger partial charge in [-0.2, -0.15) is 0 Å². The Morgan fingerprint density at radius 2 is 1.92 bits per heavy atom. The highest BCUT2D eigenvalue weighted by Crippen LogP contribution is 2.22. The first-order chi connectivity index (χ1) is 11.6. The number of ether oxygens (including phenoxy) is 1. The smallest absolute Gasteiger partial charge is 0.223 e. The Balaban J connectivity index is 1.48. The number of nitrogens with zero attached hydrogens (tertiary/aromatic N) is 1. The molecule has 24 heavy (non-hydrogen) atoms. The highest BCUT2D eigenvalue weighted by Gasteiger charge is 2.34. The van der Waals surface area contributed by atoms with Gasteiger partial charge in [-0.15, -0.1) is 0 Å². The quantitative estimate of drug-likeness (QED) is 0.867. The van der Waals surface area contributed by atoms with Crippen LogP contribution < -0.4 is 10.9 Å². The molecule has 2 aliphatic rings. The van der Waals surface area contributed by atoms with Gasteiger partial charge in [0.2, 0.25) is 5.91 Å². The van der Waals surface area contributed by atoms with Crippen LogP contribution in [0.4, 0.5) is 0 Å². The zero-order valence-corrected chi connectivity index (χ0v) is 14.7.